The molecule has 1 aliphatic heterocycles. The summed E-state index contributed by atoms with van der Waals surface area (Å²) in [5, 5.41) is 2.84. The number of amides is 1. The summed E-state index contributed by atoms with van der Waals surface area (Å²) in [5.74, 6) is 1.12. The lowest BCUT2D eigenvalue weighted by molar-refractivity contribution is -0.134. The first-order valence-electron chi connectivity index (χ1n) is 8.99. The topological polar surface area (TPSA) is 64.6 Å². The third-order valence-corrected chi connectivity index (χ3v) is 4.33. The molecule has 0 atom stereocenters. The third-order valence-electron chi connectivity index (χ3n) is 4.33. The number of hydrogen-bond acceptors (Lipinski definition) is 4. The summed E-state index contributed by atoms with van der Waals surface area (Å²) in [5.41, 5.74) is 3.14. The van der Waals surface area contributed by atoms with Crippen LogP contribution in [0.25, 0.3) is 0 Å². The largest absolute Gasteiger partial charge is 0.494 e. The van der Waals surface area contributed by atoms with Gasteiger partial charge in [-0.25, -0.2) is 0 Å². The van der Waals surface area contributed by atoms with Crippen LogP contribution in [0.4, 0.5) is 5.69 Å². The number of carbonyl (C=O) groups excluding carboxylic acids is 2. The van der Waals surface area contributed by atoms with Crippen molar-refractivity contribution < 1.29 is 19.1 Å². The van der Waals surface area contributed by atoms with Crippen LogP contribution >= 0.6 is 0 Å². The molecule has 0 unspecified atom stereocenters. The van der Waals surface area contributed by atoms with Gasteiger partial charge in [0, 0.05) is 18.5 Å². The van der Waals surface area contributed by atoms with E-state index in [0.29, 0.717) is 31.6 Å². The second kappa shape index (κ2) is 8.52. The molecule has 0 bridgehead atoms. The van der Waals surface area contributed by atoms with Crippen LogP contribution in [-0.2, 0) is 22.4 Å². The predicted molar refractivity (Wildman–Crippen MR) is 99.6 cm³/mol. The van der Waals surface area contributed by atoms with Gasteiger partial charge in [-0.2, -0.15) is 0 Å². The molecule has 1 heterocycles. The molecule has 0 saturated heterocycles. The van der Waals surface area contributed by atoms with Crippen molar-refractivity contribution in [2.75, 3.05) is 11.9 Å². The van der Waals surface area contributed by atoms with Crippen LogP contribution in [0, 0.1) is 0 Å². The lowest BCUT2D eigenvalue weighted by atomic mass is 10.0. The van der Waals surface area contributed by atoms with Gasteiger partial charge in [0.05, 0.1) is 6.61 Å². The molecule has 5 nitrogen and oxygen atoms in total. The molecule has 3 rings (SSSR count). The maximum absolute atomic E-state index is 11.9. The molecule has 1 aliphatic rings. The molecule has 0 spiro atoms. The minimum atomic E-state index is -0.258. The minimum Gasteiger partial charge on any atom is -0.494 e. The SMILES string of the molecule is CCc1ccc(OC(=O)CCCOc2ccc3c(c2)CCC(=O)N3)cc1. The fraction of sp³-hybridized carbons (Fsp3) is 0.333. The first-order valence-corrected chi connectivity index (χ1v) is 8.99. The average Bonchev–Trinajstić information content (AvgIpc) is 2.66. The number of esters is 1. The quantitative estimate of drug-likeness (QED) is 0.466. The van der Waals surface area contributed by atoms with Crippen LogP contribution in [0.15, 0.2) is 42.5 Å². The first kappa shape index (κ1) is 18.0. The number of fused-ring (bicyclic) bond motifs is 1. The minimum absolute atomic E-state index is 0.0500. The number of nitrogens with one attached hydrogen (secondary N) is 1. The van der Waals surface area contributed by atoms with Crippen LogP contribution < -0.4 is 14.8 Å². The van der Waals surface area contributed by atoms with Gasteiger partial charge >= 0.3 is 5.97 Å². The van der Waals surface area contributed by atoms with E-state index in [0.717, 1.165) is 29.8 Å². The standard InChI is InChI=1S/C21H23NO4/c1-2-15-5-8-17(9-6-15)26-21(24)4-3-13-25-18-10-11-19-16(14-18)7-12-20(23)22-19/h5-6,8-11,14H,2-4,7,12-13H2,1H3,(H,22,23). The molecule has 0 fully saturated rings. The molecule has 2 aromatic carbocycles. The number of carbonyl (C=O) groups is 2. The highest BCUT2D eigenvalue weighted by Crippen LogP contribution is 2.26. The van der Waals surface area contributed by atoms with Crippen LogP contribution in [-0.4, -0.2) is 18.5 Å². The molecule has 2 aromatic rings. The Hall–Kier alpha value is -2.82. The number of ether oxygens (including phenoxy) is 2. The fourth-order valence-electron chi connectivity index (χ4n) is 2.83. The van der Waals surface area contributed by atoms with E-state index in [-0.39, 0.29) is 11.9 Å². The summed E-state index contributed by atoms with van der Waals surface area (Å²) < 4.78 is 11.0. The Bertz CT molecular complexity index is 783. The van der Waals surface area contributed by atoms with Crippen molar-refractivity contribution in [3.8, 4) is 11.5 Å². The predicted octanol–water partition coefficient (Wildman–Crippen LogP) is 3.90. The molecule has 136 valence electrons. The maximum Gasteiger partial charge on any atom is 0.311 e. The van der Waals surface area contributed by atoms with Crippen molar-refractivity contribution in [3.63, 3.8) is 0 Å². The molecule has 1 N–H and O–H groups in total. The van der Waals surface area contributed by atoms with E-state index in [1.54, 1.807) is 0 Å². The number of hydrogen-bond donors (Lipinski definition) is 1. The molecule has 0 saturated carbocycles. The molecule has 0 radical (unpaired) electrons. The third kappa shape index (κ3) is 4.85. The van der Waals surface area contributed by atoms with E-state index in [2.05, 4.69) is 12.2 Å². The number of rotatable bonds is 7. The monoisotopic (exact) mass is 353 g/mol. The van der Waals surface area contributed by atoms with Crippen molar-refractivity contribution in [3.05, 3.63) is 53.6 Å². The summed E-state index contributed by atoms with van der Waals surface area (Å²) in [4.78, 5) is 23.2. The molecular weight excluding hydrogens is 330 g/mol. The molecule has 0 aliphatic carbocycles. The Morgan fingerprint density at radius 2 is 1.85 bits per heavy atom. The van der Waals surface area contributed by atoms with Gasteiger partial charge in [0.1, 0.15) is 11.5 Å². The highest BCUT2D eigenvalue weighted by molar-refractivity contribution is 5.94. The van der Waals surface area contributed by atoms with Gasteiger partial charge in [0.25, 0.3) is 0 Å². The maximum atomic E-state index is 11.9. The lowest BCUT2D eigenvalue weighted by Gasteiger charge is -2.17. The van der Waals surface area contributed by atoms with Crippen molar-refractivity contribution in [2.24, 2.45) is 0 Å². The molecule has 26 heavy (non-hydrogen) atoms. The summed E-state index contributed by atoms with van der Waals surface area (Å²) in [7, 11) is 0. The van der Waals surface area contributed by atoms with E-state index in [1.807, 2.05) is 42.5 Å². The van der Waals surface area contributed by atoms with E-state index in [9.17, 15) is 9.59 Å². The molecular formula is C21H23NO4. The number of aryl methyl sites for hydroxylation is 2. The first-order chi connectivity index (χ1) is 12.6. The molecule has 1 amide bonds. The zero-order valence-corrected chi connectivity index (χ0v) is 14.9. The highest BCUT2D eigenvalue weighted by atomic mass is 16.5. The van der Waals surface area contributed by atoms with Gasteiger partial charge in [-0.05, 0) is 60.7 Å². The average molecular weight is 353 g/mol. The summed E-state index contributed by atoms with van der Waals surface area (Å²) in [6.07, 6.45) is 3.07. The Balaban J connectivity index is 1.41. The zero-order valence-electron chi connectivity index (χ0n) is 14.9. The summed E-state index contributed by atoms with van der Waals surface area (Å²) in [6.45, 7) is 2.52. The van der Waals surface area contributed by atoms with E-state index >= 15 is 0 Å². The Morgan fingerprint density at radius 3 is 2.62 bits per heavy atom. The Morgan fingerprint density at radius 1 is 1.08 bits per heavy atom. The second-order valence-corrected chi connectivity index (χ2v) is 6.29. The molecule has 0 aromatic heterocycles. The number of anilines is 1. The van der Waals surface area contributed by atoms with Gasteiger partial charge in [-0.3, -0.25) is 9.59 Å². The number of benzene rings is 2. The van der Waals surface area contributed by atoms with Crippen LogP contribution in [0.1, 0.15) is 37.3 Å². The second-order valence-electron chi connectivity index (χ2n) is 6.29. The van der Waals surface area contributed by atoms with Gasteiger partial charge in [0.2, 0.25) is 5.91 Å². The van der Waals surface area contributed by atoms with Gasteiger partial charge in [0.15, 0.2) is 0 Å². The lowest BCUT2D eigenvalue weighted by Crippen LogP contribution is -2.18. The van der Waals surface area contributed by atoms with Crippen molar-refractivity contribution >= 4 is 17.6 Å². The van der Waals surface area contributed by atoms with Crippen molar-refractivity contribution in [1.29, 1.82) is 0 Å². The Kier molecular flexibility index (Phi) is 5.89. The zero-order chi connectivity index (χ0) is 18.4. The van der Waals surface area contributed by atoms with E-state index in [4.69, 9.17) is 9.47 Å². The Labute approximate surface area is 153 Å². The van der Waals surface area contributed by atoms with Crippen molar-refractivity contribution in [1.82, 2.24) is 0 Å². The normalized spacial score (nSPS) is 12.9. The molecule has 5 heteroatoms. The summed E-state index contributed by atoms with van der Waals surface area (Å²) >= 11 is 0. The van der Waals surface area contributed by atoms with E-state index in [1.165, 1.54) is 5.56 Å². The summed E-state index contributed by atoms with van der Waals surface area (Å²) in [6, 6.07) is 13.2. The van der Waals surface area contributed by atoms with Crippen LogP contribution in [0.2, 0.25) is 0 Å². The van der Waals surface area contributed by atoms with Gasteiger partial charge in [-0.15, -0.1) is 0 Å². The van der Waals surface area contributed by atoms with Crippen LogP contribution in [0.3, 0.4) is 0 Å². The smallest absolute Gasteiger partial charge is 0.311 e. The van der Waals surface area contributed by atoms with Crippen LogP contribution in [0.5, 0.6) is 11.5 Å². The van der Waals surface area contributed by atoms with Crippen molar-refractivity contribution in [2.45, 2.75) is 39.0 Å². The fourth-order valence-corrected chi connectivity index (χ4v) is 2.83. The highest BCUT2D eigenvalue weighted by Gasteiger charge is 2.15. The van der Waals surface area contributed by atoms with E-state index < -0.39 is 0 Å². The van der Waals surface area contributed by atoms with Gasteiger partial charge < -0.3 is 14.8 Å². The van der Waals surface area contributed by atoms with Gasteiger partial charge in [-0.1, -0.05) is 19.1 Å².